The van der Waals surface area contributed by atoms with Gasteiger partial charge in [-0.3, -0.25) is 14.4 Å². The van der Waals surface area contributed by atoms with Crippen LogP contribution < -0.4 is 0 Å². The molecule has 1 aromatic heterocycles. The smallest absolute Gasteiger partial charge is 0.416 e. The lowest BCUT2D eigenvalue weighted by molar-refractivity contribution is -0.171. The van der Waals surface area contributed by atoms with E-state index in [0.29, 0.717) is 16.8 Å². The first kappa shape index (κ1) is 23.4. The molecule has 1 aliphatic rings. The van der Waals surface area contributed by atoms with E-state index in [4.69, 9.17) is 9.47 Å². The van der Waals surface area contributed by atoms with Crippen molar-refractivity contribution in [1.29, 1.82) is 0 Å². The molecule has 32 heavy (non-hydrogen) atoms. The van der Waals surface area contributed by atoms with Crippen molar-refractivity contribution in [2.24, 2.45) is 5.41 Å². The number of rotatable bonds is 6. The zero-order valence-corrected chi connectivity index (χ0v) is 17.8. The van der Waals surface area contributed by atoms with Crippen molar-refractivity contribution >= 4 is 17.7 Å². The van der Waals surface area contributed by atoms with E-state index in [0.717, 1.165) is 24.3 Å². The molecule has 0 unspecified atom stereocenters. The van der Waals surface area contributed by atoms with Crippen LogP contribution in [-0.2, 0) is 38.1 Å². The fourth-order valence-electron chi connectivity index (χ4n) is 3.84. The van der Waals surface area contributed by atoms with Gasteiger partial charge in [0, 0.05) is 17.7 Å². The molecular weight excluding hydrogens is 427 g/mol. The van der Waals surface area contributed by atoms with Crippen molar-refractivity contribution in [2.75, 3.05) is 13.2 Å². The zero-order valence-electron chi connectivity index (χ0n) is 17.8. The van der Waals surface area contributed by atoms with Gasteiger partial charge in [0.15, 0.2) is 5.41 Å². The monoisotopic (exact) mass is 449 g/mol. The normalized spacial score (nSPS) is 14.6. The summed E-state index contributed by atoms with van der Waals surface area (Å²) < 4.78 is 48.6. The maximum absolute atomic E-state index is 12.9. The molecule has 170 valence electrons. The number of fused-ring (bicyclic) bond motifs is 1. The molecule has 0 N–H and O–H groups in total. The maximum Gasteiger partial charge on any atom is 0.416 e. The molecule has 0 saturated carbocycles. The summed E-state index contributed by atoms with van der Waals surface area (Å²) in [5.74, 6) is -1.97. The number of aryl methyl sites for hydroxylation is 1. The van der Waals surface area contributed by atoms with Gasteiger partial charge in [-0.1, -0.05) is 12.1 Å². The number of carbonyl (C=O) groups is 3. The largest absolute Gasteiger partial charge is 0.465 e. The van der Waals surface area contributed by atoms with Crippen LogP contribution in [0.15, 0.2) is 30.3 Å². The summed E-state index contributed by atoms with van der Waals surface area (Å²) in [4.78, 5) is 42.6. The Hall–Kier alpha value is -3.23. The van der Waals surface area contributed by atoms with Crippen molar-refractivity contribution in [3.8, 4) is 0 Å². The Bertz CT molecular complexity index is 1040. The molecule has 9 heteroatoms. The van der Waals surface area contributed by atoms with E-state index in [-0.39, 0.29) is 37.3 Å². The molecular formula is C23H22F3NO5. The van der Waals surface area contributed by atoms with E-state index in [1.54, 1.807) is 20.8 Å². The van der Waals surface area contributed by atoms with Gasteiger partial charge in [-0.2, -0.15) is 13.2 Å². The molecule has 0 radical (unpaired) electrons. The molecule has 3 rings (SSSR count). The highest BCUT2D eigenvalue weighted by Gasteiger charge is 2.53. The van der Waals surface area contributed by atoms with Gasteiger partial charge < -0.3 is 9.47 Å². The lowest BCUT2D eigenvalue weighted by atomic mass is 9.84. The summed E-state index contributed by atoms with van der Waals surface area (Å²) >= 11 is 0. The molecule has 6 nitrogen and oxygen atoms in total. The van der Waals surface area contributed by atoms with Gasteiger partial charge in [0.1, 0.15) is 5.69 Å². The first-order chi connectivity index (χ1) is 15.0. The second kappa shape index (κ2) is 8.72. The van der Waals surface area contributed by atoms with Gasteiger partial charge in [0.25, 0.3) is 0 Å². The number of halogens is 3. The van der Waals surface area contributed by atoms with Gasteiger partial charge >= 0.3 is 18.1 Å². The number of esters is 2. The third kappa shape index (κ3) is 4.24. The van der Waals surface area contributed by atoms with Crippen LogP contribution >= 0.6 is 0 Å². The Morgan fingerprint density at radius 1 is 1.00 bits per heavy atom. The molecule has 0 amide bonds. The fourth-order valence-corrected chi connectivity index (χ4v) is 3.84. The molecule has 0 bridgehead atoms. The molecule has 0 saturated heterocycles. The van der Waals surface area contributed by atoms with E-state index < -0.39 is 34.9 Å². The van der Waals surface area contributed by atoms with Crippen molar-refractivity contribution in [3.63, 3.8) is 0 Å². The Morgan fingerprint density at radius 3 is 2.06 bits per heavy atom. The third-order valence-corrected chi connectivity index (χ3v) is 5.43. The average Bonchev–Trinajstić information content (AvgIpc) is 3.15. The Morgan fingerprint density at radius 2 is 1.56 bits per heavy atom. The molecule has 0 aliphatic heterocycles. The summed E-state index contributed by atoms with van der Waals surface area (Å²) in [7, 11) is 0. The topological polar surface area (TPSA) is 82.6 Å². The zero-order chi connectivity index (χ0) is 23.7. The highest BCUT2D eigenvalue weighted by molar-refractivity contribution is 6.08. The summed E-state index contributed by atoms with van der Waals surface area (Å²) in [6.45, 7) is 5.09. The minimum Gasteiger partial charge on any atom is -0.465 e. The van der Waals surface area contributed by atoms with Crippen LogP contribution in [0.5, 0.6) is 0 Å². The molecule has 0 fully saturated rings. The first-order valence-electron chi connectivity index (χ1n) is 10.1. The third-order valence-electron chi connectivity index (χ3n) is 5.43. The van der Waals surface area contributed by atoms with Crippen LogP contribution in [0.3, 0.4) is 0 Å². The quantitative estimate of drug-likeness (QED) is 0.379. The standard InChI is InChI=1S/C23H22F3NO5/c1-4-31-20(29)22(21(30)32-5-2)11-15-10-18(27-13(3)17(15)12-22)19(28)14-6-8-16(9-7-14)23(24,25)26/h6-10H,4-5,11-12H2,1-3H3. The average molecular weight is 449 g/mol. The Balaban J connectivity index is 1.96. The Labute approximate surface area is 182 Å². The number of carbonyl (C=O) groups excluding carboxylic acids is 3. The second-order valence-corrected chi connectivity index (χ2v) is 7.51. The summed E-state index contributed by atoms with van der Waals surface area (Å²) in [6, 6.07) is 5.33. The number of benzene rings is 1. The minimum absolute atomic E-state index is 0.0172. The van der Waals surface area contributed by atoms with Gasteiger partial charge in [0.05, 0.1) is 18.8 Å². The molecule has 1 aromatic carbocycles. The van der Waals surface area contributed by atoms with Gasteiger partial charge in [0.2, 0.25) is 5.78 Å². The predicted octanol–water partition coefficient (Wildman–Crippen LogP) is 3.85. The number of ketones is 1. The van der Waals surface area contributed by atoms with Crippen molar-refractivity contribution in [3.05, 3.63) is 64.0 Å². The number of aromatic nitrogens is 1. The van der Waals surface area contributed by atoms with Crippen LogP contribution in [-0.4, -0.2) is 35.9 Å². The van der Waals surface area contributed by atoms with E-state index in [9.17, 15) is 27.6 Å². The van der Waals surface area contributed by atoms with Crippen LogP contribution in [0, 0.1) is 12.3 Å². The van der Waals surface area contributed by atoms with Crippen LogP contribution in [0.2, 0.25) is 0 Å². The summed E-state index contributed by atoms with van der Waals surface area (Å²) in [5, 5.41) is 0. The molecule has 0 spiro atoms. The van der Waals surface area contributed by atoms with Crippen LogP contribution in [0.25, 0.3) is 0 Å². The van der Waals surface area contributed by atoms with E-state index in [1.165, 1.54) is 6.07 Å². The number of alkyl halides is 3. The van der Waals surface area contributed by atoms with Crippen molar-refractivity contribution < 1.29 is 37.0 Å². The lowest BCUT2D eigenvalue weighted by Gasteiger charge is -2.24. The Kier molecular flexibility index (Phi) is 6.39. The number of nitrogens with zero attached hydrogens (tertiary/aromatic N) is 1. The van der Waals surface area contributed by atoms with Gasteiger partial charge in [-0.25, -0.2) is 4.98 Å². The predicted molar refractivity (Wildman–Crippen MR) is 107 cm³/mol. The number of ether oxygens (including phenoxy) is 2. The van der Waals surface area contributed by atoms with E-state index >= 15 is 0 Å². The highest BCUT2D eigenvalue weighted by atomic mass is 19.4. The van der Waals surface area contributed by atoms with Gasteiger partial charge in [-0.15, -0.1) is 0 Å². The van der Waals surface area contributed by atoms with E-state index in [1.807, 2.05) is 0 Å². The van der Waals surface area contributed by atoms with Gasteiger partial charge in [-0.05, 0) is 56.5 Å². The van der Waals surface area contributed by atoms with Crippen LogP contribution in [0.1, 0.15) is 52.3 Å². The number of hydrogen-bond acceptors (Lipinski definition) is 6. The fraction of sp³-hybridized carbons (Fsp3) is 0.391. The second-order valence-electron chi connectivity index (χ2n) is 7.51. The molecule has 1 aliphatic carbocycles. The van der Waals surface area contributed by atoms with Crippen molar-refractivity contribution in [2.45, 2.75) is 39.8 Å². The number of pyridine rings is 1. The highest BCUT2D eigenvalue weighted by Crippen LogP contribution is 2.41. The minimum atomic E-state index is -4.51. The van der Waals surface area contributed by atoms with Crippen LogP contribution in [0.4, 0.5) is 13.2 Å². The summed E-state index contributed by atoms with van der Waals surface area (Å²) in [5.41, 5.74) is -0.677. The SMILES string of the molecule is CCOC(=O)C1(C(=O)OCC)Cc2cc(C(=O)c3ccc(C(F)(F)F)cc3)nc(C)c2C1. The van der Waals surface area contributed by atoms with E-state index in [2.05, 4.69) is 4.98 Å². The lowest BCUT2D eigenvalue weighted by Crippen LogP contribution is -2.43. The molecule has 0 atom stereocenters. The summed E-state index contributed by atoms with van der Waals surface area (Å²) in [6.07, 6.45) is -4.49. The first-order valence-corrected chi connectivity index (χ1v) is 10.1. The van der Waals surface area contributed by atoms with Crippen molar-refractivity contribution in [1.82, 2.24) is 4.98 Å². The number of hydrogen-bond donors (Lipinski definition) is 0. The maximum atomic E-state index is 12.9. The molecule has 1 heterocycles. The molecule has 2 aromatic rings.